The third kappa shape index (κ3) is 0.753. The van der Waals surface area contributed by atoms with Gasteiger partial charge in [-0.1, -0.05) is 0 Å². The Bertz CT molecular complexity index is 205. The highest BCUT2D eigenvalue weighted by molar-refractivity contribution is 5.96. The van der Waals surface area contributed by atoms with Gasteiger partial charge in [-0.25, -0.2) is 0 Å². The van der Waals surface area contributed by atoms with Crippen LogP contribution in [-0.2, 0) is 4.79 Å². The lowest BCUT2D eigenvalue weighted by molar-refractivity contribution is -0.116. The quantitative estimate of drug-likeness (QED) is 0.539. The normalized spacial score (nSPS) is 24.6. The fourth-order valence-electron chi connectivity index (χ4n) is 1.72. The summed E-state index contributed by atoms with van der Waals surface area (Å²) in [6.07, 6.45) is 4.07. The highest BCUT2D eigenvalue weighted by atomic mass is 16.1. The smallest absolute Gasteiger partial charge is 0.178 e. The molecule has 1 heterocycles. The van der Waals surface area contributed by atoms with Crippen LogP contribution < -0.4 is 5.32 Å². The van der Waals surface area contributed by atoms with Crippen molar-refractivity contribution in [2.24, 2.45) is 0 Å². The molecule has 2 heteroatoms. The first-order valence-electron chi connectivity index (χ1n) is 3.87. The molecule has 0 spiro atoms. The van der Waals surface area contributed by atoms with Crippen molar-refractivity contribution in [1.29, 1.82) is 0 Å². The van der Waals surface area contributed by atoms with E-state index in [2.05, 4.69) is 5.32 Å². The molecule has 54 valence electrons. The standard InChI is InChI=1S/C8H11NO/c10-7-3-1-2-6-4-5-9-8(6)7/h9H,1-5H2. The molecule has 0 aromatic carbocycles. The number of nitrogens with one attached hydrogen (secondary N) is 1. The summed E-state index contributed by atoms with van der Waals surface area (Å²) in [4.78, 5) is 11.2. The van der Waals surface area contributed by atoms with Gasteiger partial charge in [-0.05, 0) is 24.8 Å². The Morgan fingerprint density at radius 2 is 2.10 bits per heavy atom. The lowest BCUT2D eigenvalue weighted by Gasteiger charge is -2.11. The Labute approximate surface area is 60.3 Å². The van der Waals surface area contributed by atoms with Crippen molar-refractivity contribution in [2.75, 3.05) is 6.54 Å². The molecule has 1 N–H and O–H groups in total. The minimum absolute atomic E-state index is 0.332. The van der Waals surface area contributed by atoms with Gasteiger partial charge in [-0.2, -0.15) is 0 Å². The van der Waals surface area contributed by atoms with E-state index in [1.807, 2.05) is 0 Å². The highest BCUT2D eigenvalue weighted by Crippen LogP contribution is 2.26. The van der Waals surface area contributed by atoms with Crippen molar-refractivity contribution in [2.45, 2.75) is 25.7 Å². The summed E-state index contributed by atoms with van der Waals surface area (Å²) in [5.74, 6) is 0.332. The molecular formula is C8H11NO. The van der Waals surface area contributed by atoms with E-state index in [0.29, 0.717) is 5.78 Å². The summed E-state index contributed by atoms with van der Waals surface area (Å²) in [7, 11) is 0. The number of carbonyl (C=O) groups excluding carboxylic acids is 1. The molecule has 0 saturated heterocycles. The van der Waals surface area contributed by atoms with Crippen LogP contribution in [0.15, 0.2) is 11.3 Å². The summed E-state index contributed by atoms with van der Waals surface area (Å²) < 4.78 is 0. The molecule has 0 fully saturated rings. The molecule has 0 unspecified atom stereocenters. The van der Waals surface area contributed by atoms with E-state index in [9.17, 15) is 4.79 Å². The lowest BCUT2D eigenvalue weighted by atomic mass is 9.96. The van der Waals surface area contributed by atoms with Crippen molar-refractivity contribution in [3.05, 3.63) is 11.3 Å². The van der Waals surface area contributed by atoms with E-state index < -0.39 is 0 Å². The van der Waals surface area contributed by atoms with Gasteiger partial charge in [0.05, 0.1) is 5.70 Å². The molecule has 0 aromatic heterocycles. The summed E-state index contributed by atoms with van der Waals surface area (Å²) in [5, 5.41) is 3.14. The minimum Gasteiger partial charge on any atom is -0.382 e. The molecule has 1 aliphatic heterocycles. The molecule has 0 aromatic rings. The zero-order valence-corrected chi connectivity index (χ0v) is 5.94. The van der Waals surface area contributed by atoms with Gasteiger partial charge in [-0.3, -0.25) is 4.79 Å². The number of ketones is 1. The fourth-order valence-corrected chi connectivity index (χ4v) is 1.72. The molecule has 1 aliphatic carbocycles. The number of hydrogen-bond donors (Lipinski definition) is 1. The lowest BCUT2D eigenvalue weighted by Crippen LogP contribution is -2.18. The largest absolute Gasteiger partial charge is 0.382 e. The van der Waals surface area contributed by atoms with Gasteiger partial charge in [0, 0.05) is 13.0 Å². The number of rotatable bonds is 0. The van der Waals surface area contributed by atoms with Crippen LogP contribution in [0.1, 0.15) is 25.7 Å². The minimum atomic E-state index is 0.332. The van der Waals surface area contributed by atoms with E-state index in [4.69, 9.17) is 0 Å². The van der Waals surface area contributed by atoms with E-state index in [-0.39, 0.29) is 0 Å². The molecule has 0 saturated carbocycles. The number of hydrogen-bond acceptors (Lipinski definition) is 2. The second kappa shape index (κ2) is 2.11. The van der Waals surface area contributed by atoms with Crippen molar-refractivity contribution >= 4 is 5.78 Å². The number of Topliss-reactive ketones (excluding diaryl/α,β-unsaturated/α-hetero) is 1. The Balaban J connectivity index is 2.31. The average molecular weight is 137 g/mol. The Morgan fingerprint density at radius 3 is 2.90 bits per heavy atom. The van der Waals surface area contributed by atoms with Crippen LogP contribution in [0.5, 0.6) is 0 Å². The monoisotopic (exact) mass is 137 g/mol. The van der Waals surface area contributed by atoms with Crippen molar-refractivity contribution in [3.8, 4) is 0 Å². The summed E-state index contributed by atoms with van der Waals surface area (Å²) in [6, 6.07) is 0. The van der Waals surface area contributed by atoms with Crippen LogP contribution in [0.4, 0.5) is 0 Å². The van der Waals surface area contributed by atoms with Crippen LogP contribution in [0.2, 0.25) is 0 Å². The first-order chi connectivity index (χ1) is 4.88. The maximum atomic E-state index is 11.2. The van der Waals surface area contributed by atoms with E-state index in [1.165, 1.54) is 5.57 Å². The third-order valence-corrected chi connectivity index (χ3v) is 2.24. The average Bonchev–Trinajstić information content (AvgIpc) is 2.36. The zero-order chi connectivity index (χ0) is 6.97. The van der Waals surface area contributed by atoms with Gasteiger partial charge in [0.1, 0.15) is 0 Å². The second-order valence-corrected chi connectivity index (χ2v) is 2.93. The van der Waals surface area contributed by atoms with Crippen molar-refractivity contribution in [3.63, 3.8) is 0 Å². The fraction of sp³-hybridized carbons (Fsp3) is 0.625. The predicted octanol–water partition coefficient (Wildman–Crippen LogP) is 0.987. The van der Waals surface area contributed by atoms with E-state index in [0.717, 1.165) is 37.9 Å². The van der Waals surface area contributed by atoms with Gasteiger partial charge >= 0.3 is 0 Å². The van der Waals surface area contributed by atoms with Crippen LogP contribution in [-0.4, -0.2) is 12.3 Å². The van der Waals surface area contributed by atoms with Crippen LogP contribution in [0.3, 0.4) is 0 Å². The van der Waals surface area contributed by atoms with Crippen LogP contribution >= 0.6 is 0 Å². The Kier molecular flexibility index (Phi) is 1.26. The summed E-state index contributed by atoms with van der Waals surface area (Å²) in [6.45, 7) is 0.983. The molecule has 0 amide bonds. The Morgan fingerprint density at radius 1 is 1.20 bits per heavy atom. The van der Waals surface area contributed by atoms with Gasteiger partial charge in [0.25, 0.3) is 0 Å². The van der Waals surface area contributed by atoms with Crippen molar-refractivity contribution in [1.82, 2.24) is 5.32 Å². The molecule has 2 aliphatic rings. The summed E-state index contributed by atoms with van der Waals surface area (Å²) in [5.41, 5.74) is 2.32. The Hall–Kier alpha value is -0.790. The maximum Gasteiger partial charge on any atom is 0.178 e. The summed E-state index contributed by atoms with van der Waals surface area (Å²) >= 11 is 0. The van der Waals surface area contributed by atoms with Gasteiger partial charge in [-0.15, -0.1) is 0 Å². The topological polar surface area (TPSA) is 29.1 Å². The predicted molar refractivity (Wildman–Crippen MR) is 38.5 cm³/mol. The van der Waals surface area contributed by atoms with Gasteiger partial charge in [0.2, 0.25) is 0 Å². The first-order valence-corrected chi connectivity index (χ1v) is 3.87. The highest BCUT2D eigenvalue weighted by Gasteiger charge is 2.23. The molecule has 0 atom stereocenters. The molecule has 10 heavy (non-hydrogen) atoms. The van der Waals surface area contributed by atoms with Crippen LogP contribution in [0, 0.1) is 0 Å². The number of allylic oxidation sites excluding steroid dienone is 1. The third-order valence-electron chi connectivity index (χ3n) is 2.24. The molecule has 2 rings (SSSR count). The molecular weight excluding hydrogens is 126 g/mol. The maximum absolute atomic E-state index is 11.2. The van der Waals surface area contributed by atoms with Gasteiger partial charge < -0.3 is 5.32 Å². The second-order valence-electron chi connectivity index (χ2n) is 2.93. The van der Waals surface area contributed by atoms with E-state index in [1.54, 1.807) is 0 Å². The molecule has 2 nitrogen and oxygen atoms in total. The SMILES string of the molecule is O=C1CCCC2=C1NCC2. The zero-order valence-electron chi connectivity index (χ0n) is 5.94. The van der Waals surface area contributed by atoms with Gasteiger partial charge in [0.15, 0.2) is 5.78 Å². The van der Waals surface area contributed by atoms with E-state index >= 15 is 0 Å². The van der Waals surface area contributed by atoms with Crippen molar-refractivity contribution < 1.29 is 4.79 Å². The molecule has 0 bridgehead atoms. The number of carbonyl (C=O) groups is 1. The van der Waals surface area contributed by atoms with Crippen LogP contribution in [0.25, 0.3) is 0 Å². The first kappa shape index (κ1) is 5.96. The molecule has 0 radical (unpaired) electrons.